The van der Waals surface area contributed by atoms with Crippen molar-refractivity contribution in [3.05, 3.63) is 29.8 Å². The summed E-state index contributed by atoms with van der Waals surface area (Å²) in [6.45, 7) is 3.53. The van der Waals surface area contributed by atoms with Crippen LogP contribution < -0.4 is 4.90 Å². The molecule has 0 bridgehead atoms. The Balaban J connectivity index is 2.26. The molecule has 0 N–H and O–H groups in total. The molecule has 1 aliphatic rings. The van der Waals surface area contributed by atoms with E-state index in [0.29, 0.717) is 0 Å². The third kappa shape index (κ3) is 2.42. The van der Waals surface area contributed by atoms with Gasteiger partial charge in [-0.3, -0.25) is 0 Å². The van der Waals surface area contributed by atoms with Crippen molar-refractivity contribution in [2.24, 2.45) is 0 Å². The van der Waals surface area contributed by atoms with Crippen LogP contribution in [0, 0.1) is 0 Å². The van der Waals surface area contributed by atoms with Crippen LogP contribution in [-0.4, -0.2) is 12.6 Å². The lowest BCUT2D eigenvalue weighted by molar-refractivity contribution is 0.449. The van der Waals surface area contributed by atoms with Crippen LogP contribution in [0.25, 0.3) is 0 Å². The van der Waals surface area contributed by atoms with Gasteiger partial charge < -0.3 is 4.90 Å². The minimum atomic E-state index is 0.744. The molecule has 0 aliphatic carbocycles. The molecule has 1 aliphatic heterocycles. The quantitative estimate of drug-likeness (QED) is 0.745. The number of piperidine rings is 1. The molecule has 0 amide bonds. The van der Waals surface area contributed by atoms with E-state index in [9.17, 15) is 0 Å². The Morgan fingerprint density at radius 2 is 2.12 bits per heavy atom. The third-order valence-electron chi connectivity index (χ3n) is 3.54. The summed E-state index contributed by atoms with van der Waals surface area (Å²) in [5, 5.41) is 0.954. The van der Waals surface area contributed by atoms with Gasteiger partial charge in [0.15, 0.2) is 0 Å². The van der Waals surface area contributed by atoms with Crippen molar-refractivity contribution in [2.45, 2.75) is 44.0 Å². The van der Waals surface area contributed by atoms with E-state index in [-0.39, 0.29) is 0 Å². The summed E-state index contributed by atoms with van der Waals surface area (Å²) < 4.78 is 0. The largest absolute Gasteiger partial charge is 0.368 e. The Kier molecular flexibility index (Phi) is 4.28. The van der Waals surface area contributed by atoms with Gasteiger partial charge in [0.1, 0.15) is 0 Å². The first-order valence-corrected chi connectivity index (χ1v) is 7.39. The highest BCUT2D eigenvalue weighted by atomic mass is 79.9. The average molecular weight is 282 g/mol. The van der Waals surface area contributed by atoms with Crippen LogP contribution in [0.3, 0.4) is 0 Å². The highest BCUT2D eigenvalue weighted by Gasteiger charge is 2.22. The maximum absolute atomic E-state index is 3.59. The summed E-state index contributed by atoms with van der Waals surface area (Å²) in [6.07, 6.45) is 5.35. The highest BCUT2D eigenvalue weighted by molar-refractivity contribution is 9.08. The molecule has 2 rings (SSSR count). The zero-order valence-corrected chi connectivity index (χ0v) is 11.5. The average Bonchev–Trinajstić information content (AvgIpc) is 2.38. The third-order valence-corrected chi connectivity index (χ3v) is 4.15. The van der Waals surface area contributed by atoms with E-state index in [2.05, 4.69) is 52.0 Å². The topological polar surface area (TPSA) is 3.24 Å². The van der Waals surface area contributed by atoms with E-state index in [1.165, 1.54) is 43.5 Å². The molecule has 1 nitrogen and oxygen atoms in total. The standard InChI is InChI=1S/C14H20BrN/c1-2-13-8-5-6-10-16(13)14-9-4-3-7-12(14)11-15/h3-4,7,9,13H,2,5-6,8,10-11H2,1H3. The van der Waals surface area contributed by atoms with Gasteiger partial charge in [0, 0.05) is 23.6 Å². The lowest BCUT2D eigenvalue weighted by Gasteiger charge is -2.38. The maximum Gasteiger partial charge on any atom is 0.0409 e. The smallest absolute Gasteiger partial charge is 0.0409 e. The molecular formula is C14H20BrN. The minimum absolute atomic E-state index is 0.744. The van der Waals surface area contributed by atoms with Crippen molar-refractivity contribution in [2.75, 3.05) is 11.4 Å². The van der Waals surface area contributed by atoms with Crippen LogP contribution in [-0.2, 0) is 5.33 Å². The Labute approximate surface area is 107 Å². The van der Waals surface area contributed by atoms with E-state index in [1.54, 1.807) is 0 Å². The van der Waals surface area contributed by atoms with Crippen molar-refractivity contribution >= 4 is 21.6 Å². The summed E-state index contributed by atoms with van der Waals surface area (Å²) in [5.74, 6) is 0. The first-order chi connectivity index (χ1) is 7.86. The van der Waals surface area contributed by atoms with Crippen LogP contribution in [0.1, 0.15) is 38.2 Å². The van der Waals surface area contributed by atoms with E-state index < -0.39 is 0 Å². The SMILES string of the molecule is CCC1CCCCN1c1ccccc1CBr. The normalized spacial score (nSPS) is 21.1. The predicted octanol–water partition coefficient (Wildman–Crippen LogP) is 4.35. The van der Waals surface area contributed by atoms with Gasteiger partial charge in [-0.1, -0.05) is 41.1 Å². The van der Waals surface area contributed by atoms with Gasteiger partial charge in [-0.2, -0.15) is 0 Å². The monoisotopic (exact) mass is 281 g/mol. The Morgan fingerprint density at radius 1 is 1.31 bits per heavy atom. The number of alkyl halides is 1. The fourth-order valence-electron chi connectivity index (χ4n) is 2.65. The van der Waals surface area contributed by atoms with Crippen molar-refractivity contribution in [1.82, 2.24) is 0 Å². The zero-order valence-electron chi connectivity index (χ0n) is 9.95. The molecule has 2 heteroatoms. The summed E-state index contributed by atoms with van der Waals surface area (Å²) in [7, 11) is 0. The van der Waals surface area contributed by atoms with E-state index in [0.717, 1.165) is 11.4 Å². The predicted molar refractivity (Wildman–Crippen MR) is 74.3 cm³/mol. The minimum Gasteiger partial charge on any atom is -0.368 e. The molecule has 1 atom stereocenters. The Hall–Kier alpha value is -0.500. The Morgan fingerprint density at radius 3 is 2.88 bits per heavy atom. The van der Waals surface area contributed by atoms with Crippen molar-refractivity contribution in [3.63, 3.8) is 0 Å². The maximum atomic E-state index is 3.59. The number of para-hydroxylation sites is 1. The van der Waals surface area contributed by atoms with Crippen LogP contribution >= 0.6 is 15.9 Å². The molecule has 0 aromatic heterocycles. The van der Waals surface area contributed by atoms with Crippen molar-refractivity contribution in [3.8, 4) is 0 Å². The van der Waals surface area contributed by atoms with Crippen LogP contribution in [0.2, 0.25) is 0 Å². The number of anilines is 1. The van der Waals surface area contributed by atoms with Gasteiger partial charge in [0.2, 0.25) is 0 Å². The summed E-state index contributed by atoms with van der Waals surface area (Å²) in [4.78, 5) is 2.61. The number of nitrogens with zero attached hydrogens (tertiary/aromatic N) is 1. The molecule has 0 saturated carbocycles. The number of hydrogen-bond donors (Lipinski definition) is 0. The van der Waals surface area contributed by atoms with E-state index in [4.69, 9.17) is 0 Å². The molecule has 1 heterocycles. The first-order valence-electron chi connectivity index (χ1n) is 6.27. The van der Waals surface area contributed by atoms with Crippen molar-refractivity contribution < 1.29 is 0 Å². The first kappa shape index (κ1) is 12.0. The molecule has 1 saturated heterocycles. The molecule has 1 fully saturated rings. The molecule has 16 heavy (non-hydrogen) atoms. The van der Waals surface area contributed by atoms with Gasteiger partial charge in [0.25, 0.3) is 0 Å². The van der Waals surface area contributed by atoms with Gasteiger partial charge in [-0.05, 0) is 37.3 Å². The Bertz CT molecular complexity index is 337. The molecule has 1 aromatic carbocycles. The summed E-state index contributed by atoms with van der Waals surface area (Å²) in [5.41, 5.74) is 2.86. The number of benzene rings is 1. The lowest BCUT2D eigenvalue weighted by atomic mass is 9.98. The van der Waals surface area contributed by atoms with Crippen LogP contribution in [0.5, 0.6) is 0 Å². The van der Waals surface area contributed by atoms with Crippen molar-refractivity contribution in [1.29, 1.82) is 0 Å². The van der Waals surface area contributed by atoms with Crippen LogP contribution in [0.4, 0.5) is 5.69 Å². The second-order valence-electron chi connectivity index (χ2n) is 4.51. The van der Waals surface area contributed by atoms with Crippen LogP contribution in [0.15, 0.2) is 24.3 Å². The molecule has 0 spiro atoms. The molecular weight excluding hydrogens is 262 g/mol. The molecule has 1 aromatic rings. The zero-order chi connectivity index (χ0) is 11.4. The highest BCUT2D eigenvalue weighted by Crippen LogP contribution is 2.30. The fourth-order valence-corrected chi connectivity index (χ4v) is 3.12. The fraction of sp³-hybridized carbons (Fsp3) is 0.571. The lowest BCUT2D eigenvalue weighted by Crippen LogP contribution is -2.39. The summed E-state index contributed by atoms with van der Waals surface area (Å²) >= 11 is 3.59. The van der Waals surface area contributed by atoms with Gasteiger partial charge in [0.05, 0.1) is 0 Å². The van der Waals surface area contributed by atoms with E-state index >= 15 is 0 Å². The van der Waals surface area contributed by atoms with E-state index in [1.807, 2.05) is 0 Å². The van der Waals surface area contributed by atoms with Gasteiger partial charge >= 0.3 is 0 Å². The second-order valence-corrected chi connectivity index (χ2v) is 5.07. The van der Waals surface area contributed by atoms with Gasteiger partial charge in [-0.25, -0.2) is 0 Å². The summed E-state index contributed by atoms with van der Waals surface area (Å²) in [6, 6.07) is 9.53. The molecule has 88 valence electrons. The second kappa shape index (κ2) is 5.72. The number of rotatable bonds is 3. The molecule has 1 unspecified atom stereocenters. The number of hydrogen-bond acceptors (Lipinski definition) is 1. The van der Waals surface area contributed by atoms with Gasteiger partial charge in [-0.15, -0.1) is 0 Å². The molecule has 0 radical (unpaired) electrons. The number of halogens is 1.